The van der Waals surface area contributed by atoms with Crippen LogP contribution < -0.4 is 5.32 Å². The molecule has 0 aromatic heterocycles. The Kier molecular flexibility index (Phi) is 4.21. The van der Waals surface area contributed by atoms with Crippen molar-refractivity contribution in [2.24, 2.45) is 0 Å². The first kappa shape index (κ1) is 13.3. The molecule has 3 fully saturated rings. The van der Waals surface area contributed by atoms with Crippen LogP contribution in [0.3, 0.4) is 0 Å². The summed E-state index contributed by atoms with van der Waals surface area (Å²) in [4.78, 5) is 0. The zero-order valence-corrected chi connectivity index (χ0v) is 12.4. The summed E-state index contributed by atoms with van der Waals surface area (Å²) in [5.41, 5.74) is 0.271. The predicted octanol–water partition coefficient (Wildman–Crippen LogP) is 3.35. The molecule has 0 radical (unpaired) electrons. The maximum Gasteiger partial charge on any atom is 0.0697 e. The van der Waals surface area contributed by atoms with Gasteiger partial charge in [-0.3, -0.25) is 0 Å². The summed E-state index contributed by atoms with van der Waals surface area (Å²) in [6, 6.07) is 1.51. The van der Waals surface area contributed by atoms with Gasteiger partial charge in [-0.2, -0.15) is 11.8 Å². The molecule has 3 heteroatoms. The molecule has 1 aliphatic heterocycles. The topological polar surface area (TPSA) is 21.3 Å². The SMILES string of the molecule is CSC1CCC(NC2CCOC3(CCCC3)C2)C1. The summed E-state index contributed by atoms with van der Waals surface area (Å²) < 4.78 is 6.12. The van der Waals surface area contributed by atoms with Crippen molar-refractivity contribution in [2.45, 2.75) is 80.7 Å². The van der Waals surface area contributed by atoms with E-state index in [4.69, 9.17) is 4.74 Å². The highest BCUT2D eigenvalue weighted by atomic mass is 32.2. The lowest BCUT2D eigenvalue weighted by Gasteiger charge is -2.39. The van der Waals surface area contributed by atoms with E-state index >= 15 is 0 Å². The van der Waals surface area contributed by atoms with Crippen LogP contribution in [0.2, 0.25) is 0 Å². The van der Waals surface area contributed by atoms with Gasteiger partial charge in [0.25, 0.3) is 0 Å². The third-order valence-electron chi connectivity index (χ3n) is 5.20. The second kappa shape index (κ2) is 5.72. The highest BCUT2D eigenvalue weighted by Crippen LogP contribution is 2.40. The zero-order valence-electron chi connectivity index (χ0n) is 11.6. The number of ether oxygens (including phenoxy) is 1. The van der Waals surface area contributed by atoms with Crippen LogP contribution in [-0.4, -0.2) is 35.8 Å². The summed E-state index contributed by atoms with van der Waals surface area (Å²) in [6.45, 7) is 0.982. The van der Waals surface area contributed by atoms with E-state index in [0.717, 1.165) is 23.9 Å². The quantitative estimate of drug-likeness (QED) is 0.849. The van der Waals surface area contributed by atoms with Crippen molar-refractivity contribution in [2.75, 3.05) is 12.9 Å². The van der Waals surface area contributed by atoms with E-state index in [1.165, 1.54) is 57.8 Å². The smallest absolute Gasteiger partial charge is 0.0697 e. The molecule has 2 saturated carbocycles. The van der Waals surface area contributed by atoms with Crippen molar-refractivity contribution < 1.29 is 4.74 Å². The van der Waals surface area contributed by atoms with Gasteiger partial charge >= 0.3 is 0 Å². The molecule has 104 valence electrons. The first-order valence-corrected chi connectivity index (χ1v) is 9.01. The van der Waals surface area contributed by atoms with E-state index in [9.17, 15) is 0 Å². The Morgan fingerprint density at radius 1 is 1.11 bits per heavy atom. The molecule has 3 atom stereocenters. The van der Waals surface area contributed by atoms with Gasteiger partial charge in [0.2, 0.25) is 0 Å². The molecule has 18 heavy (non-hydrogen) atoms. The molecule has 1 spiro atoms. The molecule has 0 amide bonds. The maximum absolute atomic E-state index is 6.12. The van der Waals surface area contributed by atoms with Gasteiger partial charge in [-0.05, 0) is 51.2 Å². The van der Waals surface area contributed by atoms with Crippen molar-refractivity contribution >= 4 is 11.8 Å². The lowest BCUT2D eigenvalue weighted by atomic mass is 9.88. The van der Waals surface area contributed by atoms with Gasteiger partial charge in [0, 0.05) is 23.9 Å². The summed E-state index contributed by atoms with van der Waals surface area (Å²) in [6.07, 6.45) is 14.3. The molecule has 1 saturated heterocycles. The average molecular weight is 269 g/mol. The van der Waals surface area contributed by atoms with Crippen molar-refractivity contribution in [3.8, 4) is 0 Å². The van der Waals surface area contributed by atoms with Crippen LogP contribution in [0.15, 0.2) is 0 Å². The van der Waals surface area contributed by atoms with Gasteiger partial charge in [0.15, 0.2) is 0 Å². The van der Waals surface area contributed by atoms with Crippen LogP contribution in [0, 0.1) is 0 Å². The van der Waals surface area contributed by atoms with Crippen molar-refractivity contribution in [1.29, 1.82) is 0 Å². The maximum atomic E-state index is 6.12. The van der Waals surface area contributed by atoms with Gasteiger partial charge in [-0.15, -0.1) is 0 Å². The standard InChI is InChI=1S/C15H27NOS/c1-18-14-5-4-12(10-14)16-13-6-9-17-15(11-13)7-2-3-8-15/h12-14,16H,2-11H2,1H3. The summed E-state index contributed by atoms with van der Waals surface area (Å²) in [7, 11) is 0. The second-order valence-electron chi connectivity index (χ2n) is 6.46. The Labute approximate surface area is 116 Å². The van der Waals surface area contributed by atoms with Crippen LogP contribution in [0.5, 0.6) is 0 Å². The van der Waals surface area contributed by atoms with Crippen LogP contribution in [-0.2, 0) is 4.74 Å². The number of nitrogens with one attached hydrogen (secondary N) is 1. The van der Waals surface area contributed by atoms with Gasteiger partial charge in [-0.1, -0.05) is 12.8 Å². The van der Waals surface area contributed by atoms with Gasteiger partial charge in [0.05, 0.1) is 5.60 Å². The largest absolute Gasteiger partial charge is 0.375 e. The van der Waals surface area contributed by atoms with Gasteiger partial charge in [-0.25, -0.2) is 0 Å². The molecule has 0 bridgehead atoms. The molecule has 1 N–H and O–H groups in total. The fraction of sp³-hybridized carbons (Fsp3) is 1.00. The summed E-state index contributed by atoms with van der Waals surface area (Å²) >= 11 is 2.05. The lowest BCUT2D eigenvalue weighted by molar-refractivity contribution is -0.0846. The van der Waals surface area contributed by atoms with Crippen molar-refractivity contribution in [3.05, 3.63) is 0 Å². The molecular formula is C15H27NOS. The normalized spacial score (nSPS) is 39.5. The molecule has 1 heterocycles. The van der Waals surface area contributed by atoms with E-state index in [1.54, 1.807) is 0 Å². The Bertz CT molecular complexity index is 278. The molecule has 2 aliphatic carbocycles. The Morgan fingerprint density at radius 3 is 2.67 bits per heavy atom. The van der Waals surface area contributed by atoms with Crippen LogP contribution in [0.25, 0.3) is 0 Å². The minimum absolute atomic E-state index is 0.271. The fourth-order valence-corrected chi connectivity index (χ4v) is 4.97. The monoisotopic (exact) mass is 269 g/mol. The molecule has 0 aromatic rings. The third-order valence-corrected chi connectivity index (χ3v) is 6.29. The summed E-state index contributed by atoms with van der Waals surface area (Å²) in [5, 5.41) is 4.85. The molecular weight excluding hydrogens is 242 g/mol. The Hall–Kier alpha value is 0.270. The first-order valence-electron chi connectivity index (χ1n) is 7.72. The Morgan fingerprint density at radius 2 is 1.94 bits per heavy atom. The second-order valence-corrected chi connectivity index (χ2v) is 7.60. The molecule has 0 aromatic carbocycles. The first-order chi connectivity index (χ1) is 8.80. The van der Waals surface area contributed by atoms with E-state index in [-0.39, 0.29) is 5.60 Å². The summed E-state index contributed by atoms with van der Waals surface area (Å²) in [5.74, 6) is 0. The van der Waals surface area contributed by atoms with Crippen molar-refractivity contribution in [1.82, 2.24) is 5.32 Å². The Balaban J connectivity index is 1.51. The molecule has 2 nitrogen and oxygen atoms in total. The van der Waals surface area contributed by atoms with Gasteiger partial charge < -0.3 is 10.1 Å². The van der Waals surface area contributed by atoms with Crippen molar-refractivity contribution in [3.63, 3.8) is 0 Å². The predicted molar refractivity (Wildman–Crippen MR) is 78.3 cm³/mol. The van der Waals surface area contributed by atoms with Gasteiger partial charge in [0.1, 0.15) is 0 Å². The van der Waals surface area contributed by atoms with Crippen LogP contribution in [0.4, 0.5) is 0 Å². The lowest BCUT2D eigenvalue weighted by Crippen LogP contribution is -2.48. The number of hydrogen-bond donors (Lipinski definition) is 1. The molecule has 3 unspecified atom stereocenters. The number of hydrogen-bond acceptors (Lipinski definition) is 3. The highest BCUT2D eigenvalue weighted by molar-refractivity contribution is 7.99. The van der Waals surface area contributed by atoms with E-state index in [2.05, 4.69) is 23.3 Å². The van der Waals surface area contributed by atoms with E-state index in [1.807, 2.05) is 0 Å². The number of thioether (sulfide) groups is 1. The minimum Gasteiger partial charge on any atom is -0.375 e. The highest BCUT2D eigenvalue weighted by Gasteiger charge is 2.40. The minimum atomic E-state index is 0.271. The molecule has 3 rings (SSSR count). The molecule has 3 aliphatic rings. The third kappa shape index (κ3) is 2.88. The van der Waals surface area contributed by atoms with Crippen LogP contribution in [0.1, 0.15) is 57.8 Å². The zero-order chi connectivity index (χ0) is 12.4. The average Bonchev–Trinajstić information content (AvgIpc) is 2.99. The fourth-order valence-electron chi connectivity index (χ4n) is 4.18. The van der Waals surface area contributed by atoms with E-state index < -0.39 is 0 Å². The number of rotatable bonds is 3. The van der Waals surface area contributed by atoms with E-state index in [0.29, 0.717) is 0 Å². The van der Waals surface area contributed by atoms with Crippen LogP contribution >= 0.6 is 11.8 Å².